The highest BCUT2D eigenvalue weighted by atomic mass is 32.2. The third kappa shape index (κ3) is 5.81. The van der Waals surface area contributed by atoms with Crippen LogP contribution in [0.5, 0.6) is 0 Å². The lowest BCUT2D eigenvalue weighted by molar-refractivity contribution is 0.305. The van der Waals surface area contributed by atoms with Gasteiger partial charge in [-0.15, -0.1) is 0 Å². The quantitative estimate of drug-likeness (QED) is 0.614. The van der Waals surface area contributed by atoms with Crippen LogP contribution < -0.4 is 0 Å². The van der Waals surface area contributed by atoms with Crippen LogP contribution >= 0.6 is 11.8 Å². The van der Waals surface area contributed by atoms with Gasteiger partial charge in [0, 0.05) is 17.7 Å². The Hall–Kier alpha value is -0.910. The van der Waals surface area contributed by atoms with Crippen LogP contribution in [0.2, 0.25) is 0 Å². The molecule has 0 fully saturated rings. The molecule has 1 N–H and O–H groups in total. The molecule has 0 saturated carbocycles. The molecule has 0 unspecified atom stereocenters. The molecule has 92 valence electrons. The minimum atomic E-state index is 0.139. The van der Waals surface area contributed by atoms with Crippen molar-refractivity contribution in [3.63, 3.8) is 0 Å². The highest BCUT2D eigenvalue weighted by Crippen LogP contribution is 2.17. The Labute approximate surface area is 109 Å². The first-order chi connectivity index (χ1) is 8.38. The van der Waals surface area contributed by atoms with E-state index in [9.17, 15) is 0 Å². The predicted molar refractivity (Wildman–Crippen MR) is 76.1 cm³/mol. The Morgan fingerprint density at radius 1 is 1.29 bits per heavy atom. The molecule has 0 radical (unpaired) electrons. The Bertz CT molecular complexity index is 376. The highest BCUT2D eigenvalue weighted by Gasteiger charge is 1.98. The summed E-state index contributed by atoms with van der Waals surface area (Å²) in [6.45, 7) is 2.36. The van der Waals surface area contributed by atoms with Gasteiger partial charge in [0.05, 0.1) is 6.61 Å². The Morgan fingerprint density at radius 2 is 2.12 bits per heavy atom. The maximum atomic E-state index is 8.71. The van der Waals surface area contributed by atoms with Gasteiger partial charge in [0.25, 0.3) is 0 Å². The largest absolute Gasteiger partial charge is 0.395 e. The number of aliphatic hydroxyl groups excluding tert-OH is 1. The van der Waals surface area contributed by atoms with Crippen molar-refractivity contribution in [3.8, 4) is 11.8 Å². The van der Waals surface area contributed by atoms with Crippen molar-refractivity contribution in [2.45, 2.75) is 31.9 Å². The lowest BCUT2D eigenvalue weighted by Crippen LogP contribution is -1.88. The minimum Gasteiger partial charge on any atom is -0.395 e. The summed E-state index contributed by atoms with van der Waals surface area (Å²) in [5.74, 6) is 8.36. The van der Waals surface area contributed by atoms with Crippen LogP contribution in [-0.2, 0) is 5.75 Å². The number of aliphatic hydroxyl groups is 1. The molecule has 0 heterocycles. The molecule has 0 aliphatic rings. The summed E-state index contributed by atoms with van der Waals surface area (Å²) < 4.78 is 0. The average molecular weight is 248 g/mol. The third-order valence-electron chi connectivity index (χ3n) is 2.38. The van der Waals surface area contributed by atoms with Crippen LogP contribution in [0.1, 0.15) is 37.3 Å². The minimum absolute atomic E-state index is 0.139. The van der Waals surface area contributed by atoms with Crippen LogP contribution in [0.3, 0.4) is 0 Å². The SMILES string of the molecule is CCCCSCc1ccccc1C#CCCO. The van der Waals surface area contributed by atoms with Gasteiger partial charge in [0.1, 0.15) is 0 Å². The van der Waals surface area contributed by atoms with E-state index in [2.05, 4.69) is 37.0 Å². The molecular formula is C15H20OS. The molecule has 0 spiro atoms. The fourth-order valence-electron chi connectivity index (χ4n) is 1.41. The van der Waals surface area contributed by atoms with E-state index in [1.54, 1.807) is 0 Å². The van der Waals surface area contributed by atoms with Crippen molar-refractivity contribution in [1.82, 2.24) is 0 Å². The van der Waals surface area contributed by atoms with E-state index in [1.165, 1.54) is 24.2 Å². The first-order valence-electron chi connectivity index (χ1n) is 6.14. The van der Waals surface area contributed by atoms with Crippen molar-refractivity contribution in [2.75, 3.05) is 12.4 Å². The molecule has 0 amide bonds. The van der Waals surface area contributed by atoms with Gasteiger partial charge in [-0.05, 0) is 23.8 Å². The summed E-state index contributed by atoms with van der Waals surface area (Å²) in [6, 6.07) is 8.28. The van der Waals surface area contributed by atoms with Crippen molar-refractivity contribution in [1.29, 1.82) is 0 Å². The number of hydrogen-bond acceptors (Lipinski definition) is 2. The number of hydrogen-bond donors (Lipinski definition) is 1. The van der Waals surface area contributed by atoms with Gasteiger partial charge < -0.3 is 5.11 Å². The van der Waals surface area contributed by atoms with Gasteiger partial charge >= 0.3 is 0 Å². The zero-order valence-corrected chi connectivity index (χ0v) is 11.2. The van der Waals surface area contributed by atoms with Crippen LogP contribution in [-0.4, -0.2) is 17.5 Å². The van der Waals surface area contributed by atoms with Gasteiger partial charge in [0.15, 0.2) is 0 Å². The number of unbranched alkanes of at least 4 members (excludes halogenated alkanes) is 1. The van der Waals surface area contributed by atoms with Gasteiger partial charge in [-0.2, -0.15) is 11.8 Å². The van der Waals surface area contributed by atoms with Gasteiger partial charge in [-0.25, -0.2) is 0 Å². The molecular weight excluding hydrogens is 228 g/mol. The summed E-state index contributed by atoms with van der Waals surface area (Å²) in [5.41, 5.74) is 2.41. The Kier molecular flexibility index (Phi) is 7.62. The van der Waals surface area contributed by atoms with Crippen LogP contribution in [0.15, 0.2) is 24.3 Å². The van der Waals surface area contributed by atoms with E-state index in [4.69, 9.17) is 5.11 Å². The summed E-state index contributed by atoms with van der Waals surface area (Å²) in [5, 5.41) is 8.71. The number of rotatable bonds is 6. The standard InChI is InChI=1S/C15H20OS/c1-2-3-12-17-13-15-10-5-4-8-14(15)9-6-7-11-16/h4-5,8,10,16H,2-3,7,11-13H2,1H3. The van der Waals surface area contributed by atoms with Gasteiger partial charge in [0.2, 0.25) is 0 Å². The molecule has 0 aromatic heterocycles. The highest BCUT2D eigenvalue weighted by molar-refractivity contribution is 7.98. The lowest BCUT2D eigenvalue weighted by atomic mass is 10.1. The summed E-state index contributed by atoms with van der Waals surface area (Å²) >= 11 is 1.97. The van der Waals surface area contributed by atoms with E-state index in [0.717, 1.165) is 11.3 Å². The van der Waals surface area contributed by atoms with E-state index >= 15 is 0 Å². The fraction of sp³-hybridized carbons (Fsp3) is 0.467. The van der Waals surface area contributed by atoms with Crippen molar-refractivity contribution >= 4 is 11.8 Å². The van der Waals surface area contributed by atoms with Gasteiger partial charge in [-0.3, -0.25) is 0 Å². The van der Waals surface area contributed by atoms with Crippen molar-refractivity contribution in [2.24, 2.45) is 0 Å². The Morgan fingerprint density at radius 3 is 2.88 bits per heavy atom. The average Bonchev–Trinajstić information content (AvgIpc) is 2.36. The molecule has 1 aromatic rings. The van der Waals surface area contributed by atoms with E-state index < -0.39 is 0 Å². The fourth-order valence-corrected chi connectivity index (χ4v) is 2.52. The van der Waals surface area contributed by atoms with Crippen LogP contribution in [0.4, 0.5) is 0 Å². The molecule has 1 rings (SSSR count). The van der Waals surface area contributed by atoms with Crippen LogP contribution in [0.25, 0.3) is 0 Å². The summed E-state index contributed by atoms with van der Waals surface area (Å²) in [4.78, 5) is 0. The summed E-state index contributed by atoms with van der Waals surface area (Å²) in [7, 11) is 0. The van der Waals surface area contributed by atoms with Crippen LogP contribution in [0, 0.1) is 11.8 Å². The second-order valence-electron chi connectivity index (χ2n) is 3.84. The molecule has 0 bridgehead atoms. The zero-order chi connectivity index (χ0) is 12.3. The number of thioether (sulfide) groups is 1. The molecule has 0 atom stereocenters. The lowest BCUT2D eigenvalue weighted by Gasteiger charge is -2.04. The zero-order valence-electron chi connectivity index (χ0n) is 10.4. The Balaban J connectivity index is 2.56. The second kappa shape index (κ2) is 9.15. The molecule has 1 aromatic carbocycles. The van der Waals surface area contributed by atoms with E-state index in [-0.39, 0.29) is 6.61 Å². The van der Waals surface area contributed by atoms with Crippen molar-refractivity contribution in [3.05, 3.63) is 35.4 Å². The molecule has 17 heavy (non-hydrogen) atoms. The topological polar surface area (TPSA) is 20.2 Å². The monoisotopic (exact) mass is 248 g/mol. The second-order valence-corrected chi connectivity index (χ2v) is 4.94. The first kappa shape index (κ1) is 14.2. The van der Waals surface area contributed by atoms with Gasteiger partial charge in [-0.1, -0.05) is 43.4 Å². The molecule has 0 saturated heterocycles. The maximum absolute atomic E-state index is 8.71. The van der Waals surface area contributed by atoms with E-state index in [1.807, 2.05) is 17.8 Å². The predicted octanol–water partition coefficient (Wildman–Crippen LogP) is 3.45. The molecule has 2 heteroatoms. The normalized spacial score (nSPS) is 9.76. The van der Waals surface area contributed by atoms with E-state index in [0.29, 0.717) is 6.42 Å². The third-order valence-corrected chi connectivity index (χ3v) is 3.47. The molecule has 0 aliphatic heterocycles. The molecule has 0 aliphatic carbocycles. The number of benzene rings is 1. The van der Waals surface area contributed by atoms with Crippen molar-refractivity contribution < 1.29 is 5.11 Å². The first-order valence-corrected chi connectivity index (χ1v) is 7.29. The molecule has 1 nitrogen and oxygen atoms in total. The smallest absolute Gasteiger partial charge is 0.0540 e. The summed E-state index contributed by atoms with van der Waals surface area (Å²) in [6.07, 6.45) is 3.09. The maximum Gasteiger partial charge on any atom is 0.0540 e.